The number of aryl methyl sites for hydroxylation is 4. The Kier molecular flexibility index (Phi) is 20.1. The summed E-state index contributed by atoms with van der Waals surface area (Å²) in [6.45, 7) is 7.68. The second kappa shape index (κ2) is 30.9. The molecule has 0 fully saturated rings. The third-order valence-electron chi connectivity index (χ3n) is 16.2. The molecule has 4 aromatic heterocycles. The number of fused-ring (bicyclic) bond motifs is 1. The number of hydrogen-bond acceptors (Lipinski definition) is 10. The molecule has 0 unspecified atom stereocenters. The predicted octanol–water partition coefficient (Wildman–Crippen LogP) is 21.4. The van der Waals surface area contributed by atoms with Crippen LogP contribution >= 0.6 is 0 Å². The molecule has 0 saturated heterocycles. The minimum absolute atomic E-state index is 0.698. The molecule has 0 amide bonds. The Labute approximate surface area is 572 Å². The van der Waals surface area contributed by atoms with E-state index in [0.29, 0.717) is 29.1 Å². The van der Waals surface area contributed by atoms with Gasteiger partial charge in [0.1, 0.15) is 23.3 Å². The van der Waals surface area contributed by atoms with Crippen molar-refractivity contribution in [2.45, 2.75) is 27.7 Å². The fourth-order valence-corrected chi connectivity index (χ4v) is 11.3. The smallest absolute Gasteiger partial charge is 0.163 e. The molecule has 0 aliphatic rings. The van der Waals surface area contributed by atoms with Crippen LogP contribution in [0.1, 0.15) is 23.3 Å². The van der Waals surface area contributed by atoms with Crippen LogP contribution < -0.4 is 0 Å². The normalized spacial score (nSPS) is 10.7. The Morgan fingerprint density at radius 1 is 0.143 bits per heavy atom. The Balaban J connectivity index is 0.000000119. The lowest BCUT2D eigenvalue weighted by Crippen LogP contribution is -1.99. The molecule has 16 aromatic rings. The van der Waals surface area contributed by atoms with Gasteiger partial charge in [0.25, 0.3) is 0 Å². The highest BCUT2D eigenvalue weighted by Gasteiger charge is 2.14. The molecule has 4 heterocycles. The first-order valence-corrected chi connectivity index (χ1v) is 32.5. The number of aromatic nitrogens is 10. The van der Waals surface area contributed by atoms with Crippen LogP contribution in [-0.2, 0) is 0 Å². The predicted molar refractivity (Wildman–Crippen MR) is 400 cm³/mol. The van der Waals surface area contributed by atoms with Gasteiger partial charge in [0.2, 0.25) is 0 Å². The van der Waals surface area contributed by atoms with E-state index >= 15 is 0 Å². The molecule has 98 heavy (non-hydrogen) atoms. The third-order valence-corrected chi connectivity index (χ3v) is 16.2. The van der Waals surface area contributed by atoms with E-state index in [1.54, 1.807) is 0 Å². The van der Waals surface area contributed by atoms with Crippen LogP contribution in [0.25, 0.3) is 135 Å². The molecule has 0 spiro atoms. The summed E-state index contributed by atoms with van der Waals surface area (Å²) in [4.78, 5) is 45.8. The molecule has 16 rings (SSSR count). The second-order valence-electron chi connectivity index (χ2n) is 23.3. The molecule has 0 aliphatic heterocycles. The van der Waals surface area contributed by atoms with Crippen molar-refractivity contribution in [3.8, 4) is 124 Å². The molecule has 0 bridgehead atoms. The van der Waals surface area contributed by atoms with Crippen molar-refractivity contribution in [2.24, 2.45) is 0 Å². The van der Waals surface area contributed by atoms with Crippen molar-refractivity contribution in [3.05, 3.63) is 363 Å². The zero-order valence-electron chi connectivity index (χ0n) is 54.8. The standard InChI is InChI=1S/C27H20N2.2C22H17N3.C17H14N2/c1-19-28-26(23-14-11-22(12-15-23)20-7-3-2-4-8-20)18-27(29-19)25-16-13-21-9-5-6-10-24(21)17-25;1-16-23-21(18-11-6-3-7-12-18)25-22(24-16)20-14-8-13-19(15-20)17-9-4-2-5-10-17;1-16-23-21(19-10-6-3-7-11-19)25-22(24-16)20-14-12-18(13-15-20)17-8-4-2-5-9-17;1-13-18-16(14-8-4-2-5-9-14)12-17(19-13)15-10-6-3-7-11-15/h2-18H,1H3;2*2-15H,1H3;2-12H,1H3. The summed E-state index contributed by atoms with van der Waals surface area (Å²) in [6, 6.07) is 116. The molecular weight excluding hydrogens is 1200 g/mol. The quantitative estimate of drug-likeness (QED) is 0.123. The highest BCUT2D eigenvalue weighted by atomic mass is 15.0. The van der Waals surface area contributed by atoms with Crippen molar-refractivity contribution in [1.29, 1.82) is 0 Å². The van der Waals surface area contributed by atoms with Gasteiger partial charge >= 0.3 is 0 Å². The molecule has 10 heteroatoms. The van der Waals surface area contributed by atoms with E-state index in [0.717, 1.165) is 90.3 Å². The average molecular weight is 1270 g/mol. The highest BCUT2D eigenvalue weighted by Crippen LogP contribution is 2.32. The number of benzene rings is 12. The van der Waals surface area contributed by atoms with Gasteiger partial charge in [-0.15, -0.1) is 0 Å². The van der Waals surface area contributed by atoms with Crippen LogP contribution in [0.4, 0.5) is 0 Å². The number of nitrogens with zero attached hydrogens (tertiary/aromatic N) is 10. The van der Waals surface area contributed by atoms with Gasteiger partial charge in [-0.3, -0.25) is 0 Å². The van der Waals surface area contributed by atoms with E-state index in [4.69, 9.17) is 4.98 Å². The van der Waals surface area contributed by atoms with Crippen molar-refractivity contribution in [1.82, 2.24) is 49.8 Å². The van der Waals surface area contributed by atoms with Crippen LogP contribution in [0.15, 0.2) is 340 Å². The second-order valence-corrected chi connectivity index (χ2v) is 23.3. The van der Waals surface area contributed by atoms with Gasteiger partial charge < -0.3 is 0 Å². The topological polar surface area (TPSA) is 129 Å². The molecule has 0 saturated carbocycles. The van der Waals surface area contributed by atoms with Gasteiger partial charge in [-0.1, -0.05) is 315 Å². The minimum atomic E-state index is 0.698. The molecule has 470 valence electrons. The van der Waals surface area contributed by atoms with Crippen molar-refractivity contribution in [3.63, 3.8) is 0 Å². The van der Waals surface area contributed by atoms with Gasteiger partial charge in [0.15, 0.2) is 23.3 Å². The van der Waals surface area contributed by atoms with Crippen LogP contribution in [0.2, 0.25) is 0 Å². The first kappa shape index (κ1) is 63.8. The summed E-state index contributed by atoms with van der Waals surface area (Å²) in [5.74, 6) is 5.81. The van der Waals surface area contributed by atoms with E-state index in [2.05, 4.69) is 227 Å². The summed E-state index contributed by atoms with van der Waals surface area (Å²) >= 11 is 0. The molecule has 12 aromatic carbocycles. The van der Waals surface area contributed by atoms with Crippen LogP contribution in [0, 0.1) is 27.7 Å². The zero-order chi connectivity index (χ0) is 66.8. The molecule has 10 nitrogen and oxygen atoms in total. The minimum Gasteiger partial charge on any atom is -0.233 e. The van der Waals surface area contributed by atoms with E-state index in [-0.39, 0.29) is 0 Å². The SMILES string of the molecule is Cc1nc(-c2ccc(-c3ccccc3)cc2)cc(-c2ccc3ccccc3c2)n1.Cc1nc(-c2ccccc2)cc(-c2ccccc2)n1.Cc1nc(-c2ccccc2)nc(-c2ccc(-c3ccccc3)cc2)n1.Cc1nc(-c2ccccc2)nc(-c2cccc(-c3ccccc3)c2)n1. The number of hydrogen-bond donors (Lipinski definition) is 0. The summed E-state index contributed by atoms with van der Waals surface area (Å²) in [7, 11) is 0. The van der Waals surface area contributed by atoms with Crippen molar-refractivity contribution in [2.75, 3.05) is 0 Å². The highest BCUT2D eigenvalue weighted by molar-refractivity contribution is 5.87. The summed E-state index contributed by atoms with van der Waals surface area (Å²) < 4.78 is 0. The Morgan fingerprint density at radius 3 is 0.796 bits per heavy atom. The largest absolute Gasteiger partial charge is 0.233 e. The van der Waals surface area contributed by atoms with Crippen LogP contribution in [0.5, 0.6) is 0 Å². The molecule has 0 atom stereocenters. The van der Waals surface area contributed by atoms with E-state index in [1.807, 2.05) is 185 Å². The summed E-state index contributed by atoms with van der Waals surface area (Å²) in [5, 5.41) is 2.45. The molecule has 0 aliphatic carbocycles. The van der Waals surface area contributed by atoms with E-state index in [9.17, 15) is 0 Å². The average Bonchev–Trinajstić information content (AvgIpc) is 0.835. The molecular formula is C88H68N10. The first-order valence-electron chi connectivity index (χ1n) is 32.5. The van der Waals surface area contributed by atoms with Gasteiger partial charge in [-0.2, -0.15) is 0 Å². The lowest BCUT2D eigenvalue weighted by molar-refractivity contribution is 0.991. The monoisotopic (exact) mass is 1260 g/mol. The van der Waals surface area contributed by atoms with E-state index in [1.165, 1.54) is 38.6 Å². The van der Waals surface area contributed by atoms with Crippen LogP contribution in [-0.4, -0.2) is 49.8 Å². The first-order chi connectivity index (χ1) is 48.2. The maximum absolute atomic E-state index is 4.69. The van der Waals surface area contributed by atoms with Gasteiger partial charge in [0.05, 0.1) is 22.8 Å². The fraction of sp³-hybridized carbons (Fsp3) is 0.0455. The van der Waals surface area contributed by atoms with Crippen molar-refractivity contribution < 1.29 is 0 Å². The van der Waals surface area contributed by atoms with Gasteiger partial charge in [0, 0.05) is 44.5 Å². The van der Waals surface area contributed by atoms with E-state index < -0.39 is 0 Å². The summed E-state index contributed by atoms with van der Waals surface area (Å²) in [5.41, 5.74) is 19.4. The van der Waals surface area contributed by atoms with Gasteiger partial charge in [-0.25, -0.2) is 49.8 Å². The molecule has 0 radical (unpaired) electrons. The fourth-order valence-electron chi connectivity index (χ4n) is 11.3. The lowest BCUT2D eigenvalue weighted by atomic mass is 10.0. The maximum Gasteiger partial charge on any atom is 0.163 e. The lowest BCUT2D eigenvalue weighted by Gasteiger charge is -2.09. The van der Waals surface area contributed by atoms with Crippen LogP contribution in [0.3, 0.4) is 0 Å². The Morgan fingerprint density at radius 2 is 0.388 bits per heavy atom. The zero-order valence-corrected chi connectivity index (χ0v) is 54.8. The summed E-state index contributed by atoms with van der Waals surface area (Å²) in [6.07, 6.45) is 0. The third kappa shape index (κ3) is 16.3. The Hall–Kier alpha value is -12.9. The molecule has 0 N–H and O–H groups in total. The number of rotatable bonds is 11. The van der Waals surface area contributed by atoms with Crippen molar-refractivity contribution >= 4 is 10.8 Å². The Bertz CT molecular complexity index is 5200. The maximum atomic E-state index is 4.69. The van der Waals surface area contributed by atoms with Gasteiger partial charge in [-0.05, 0) is 96.1 Å².